The van der Waals surface area contributed by atoms with Gasteiger partial charge in [-0.2, -0.15) is 4.98 Å². The molecule has 2 aromatic rings. The molecular formula is C28H40N6O3. The second-order valence-corrected chi connectivity index (χ2v) is 10.6. The van der Waals surface area contributed by atoms with E-state index in [-0.39, 0.29) is 18.1 Å². The molecular weight excluding hydrogens is 468 g/mol. The number of nitrogens with zero attached hydrogens (tertiary/aromatic N) is 5. The van der Waals surface area contributed by atoms with Crippen molar-refractivity contribution in [1.29, 1.82) is 0 Å². The van der Waals surface area contributed by atoms with Gasteiger partial charge < -0.3 is 29.9 Å². The van der Waals surface area contributed by atoms with E-state index in [9.17, 15) is 9.90 Å². The molecule has 2 aliphatic heterocycles. The number of nitrogens with one attached hydrogen (secondary N) is 1. The molecule has 3 aliphatic rings. The zero-order chi connectivity index (χ0) is 25.9. The van der Waals surface area contributed by atoms with Gasteiger partial charge in [0.1, 0.15) is 11.4 Å². The fourth-order valence-corrected chi connectivity index (χ4v) is 5.74. The average molecular weight is 509 g/mol. The van der Waals surface area contributed by atoms with Crippen LogP contribution in [-0.4, -0.2) is 65.4 Å². The number of anilines is 5. The molecule has 9 nitrogen and oxygen atoms in total. The normalized spacial score (nSPS) is 19.4. The molecule has 1 aromatic heterocycles. The SMILES string of the molecule is CCN1C(=O)CCN(C2CCCC2)c2nc(Nc3ccc(N4CCC(O)CC4)cc3OC(C)C)ncc21. The van der Waals surface area contributed by atoms with Gasteiger partial charge in [-0.15, -0.1) is 0 Å². The number of rotatable bonds is 7. The minimum absolute atomic E-state index is 0.00826. The van der Waals surface area contributed by atoms with Gasteiger partial charge in [-0.3, -0.25) is 4.79 Å². The van der Waals surface area contributed by atoms with E-state index >= 15 is 0 Å². The zero-order valence-electron chi connectivity index (χ0n) is 22.3. The molecule has 1 aliphatic carbocycles. The second-order valence-electron chi connectivity index (χ2n) is 10.6. The molecule has 1 saturated carbocycles. The number of fused-ring (bicyclic) bond motifs is 1. The lowest BCUT2D eigenvalue weighted by molar-refractivity contribution is -0.118. The Morgan fingerprint density at radius 2 is 1.89 bits per heavy atom. The van der Waals surface area contributed by atoms with E-state index in [1.165, 1.54) is 12.8 Å². The lowest BCUT2D eigenvalue weighted by atomic mass is 10.1. The molecule has 0 bridgehead atoms. The number of carbonyl (C=O) groups is 1. The van der Waals surface area contributed by atoms with Crippen LogP contribution in [0.4, 0.5) is 28.8 Å². The van der Waals surface area contributed by atoms with E-state index < -0.39 is 0 Å². The van der Waals surface area contributed by atoms with Crippen molar-refractivity contribution in [3.63, 3.8) is 0 Å². The van der Waals surface area contributed by atoms with Crippen molar-refractivity contribution in [2.75, 3.05) is 46.2 Å². The number of ether oxygens (including phenoxy) is 1. The van der Waals surface area contributed by atoms with E-state index in [2.05, 4.69) is 32.2 Å². The summed E-state index contributed by atoms with van der Waals surface area (Å²) < 4.78 is 6.20. The Balaban J connectivity index is 1.46. The maximum Gasteiger partial charge on any atom is 0.229 e. The Morgan fingerprint density at radius 3 is 2.59 bits per heavy atom. The van der Waals surface area contributed by atoms with Gasteiger partial charge in [-0.05, 0) is 58.6 Å². The molecule has 9 heteroatoms. The largest absolute Gasteiger partial charge is 0.489 e. The van der Waals surface area contributed by atoms with Crippen LogP contribution in [0.3, 0.4) is 0 Å². The summed E-state index contributed by atoms with van der Waals surface area (Å²) in [6.07, 6.45) is 8.33. The van der Waals surface area contributed by atoms with Crippen LogP contribution < -0.4 is 24.8 Å². The second kappa shape index (κ2) is 11.1. The van der Waals surface area contributed by atoms with Crippen LogP contribution >= 0.6 is 0 Å². The van der Waals surface area contributed by atoms with E-state index in [1.807, 2.05) is 31.7 Å². The number of hydrogen-bond acceptors (Lipinski definition) is 8. The third-order valence-corrected chi connectivity index (χ3v) is 7.67. The highest BCUT2D eigenvalue weighted by Crippen LogP contribution is 2.38. The Kier molecular flexibility index (Phi) is 7.69. The third kappa shape index (κ3) is 5.61. The van der Waals surface area contributed by atoms with Crippen LogP contribution in [0.2, 0.25) is 0 Å². The zero-order valence-corrected chi connectivity index (χ0v) is 22.3. The summed E-state index contributed by atoms with van der Waals surface area (Å²) in [6.45, 7) is 8.97. The third-order valence-electron chi connectivity index (χ3n) is 7.67. The first-order chi connectivity index (χ1) is 17.9. The molecule has 37 heavy (non-hydrogen) atoms. The summed E-state index contributed by atoms with van der Waals surface area (Å²) >= 11 is 0. The van der Waals surface area contributed by atoms with Gasteiger partial charge >= 0.3 is 0 Å². The molecule has 1 aromatic carbocycles. The van der Waals surface area contributed by atoms with E-state index in [1.54, 1.807) is 6.20 Å². The van der Waals surface area contributed by atoms with Gasteiger partial charge in [0.25, 0.3) is 0 Å². The fourth-order valence-electron chi connectivity index (χ4n) is 5.74. The summed E-state index contributed by atoms with van der Waals surface area (Å²) in [5.74, 6) is 2.21. The van der Waals surface area contributed by atoms with Crippen molar-refractivity contribution in [3.8, 4) is 5.75 Å². The predicted octanol–water partition coefficient (Wildman–Crippen LogP) is 4.47. The van der Waals surface area contributed by atoms with Crippen LogP contribution in [0.25, 0.3) is 0 Å². The number of benzene rings is 1. The van der Waals surface area contributed by atoms with Crippen LogP contribution in [0, 0.1) is 0 Å². The minimum atomic E-state index is -0.211. The van der Waals surface area contributed by atoms with Gasteiger partial charge in [0.05, 0.1) is 24.1 Å². The number of piperidine rings is 1. The summed E-state index contributed by atoms with van der Waals surface area (Å²) in [4.78, 5) is 28.9. The lowest BCUT2D eigenvalue weighted by Crippen LogP contribution is -2.35. The molecule has 0 atom stereocenters. The molecule has 200 valence electrons. The van der Waals surface area contributed by atoms with Gasteiger partial charge in [0.15, 0.2) is 5.82 Å². The number of hydrogen-bond donors (Lipinski definition) is 2. The van der Waals surface area contributed by atoms with Gasteiger partial charge in [0.2, 0.25) is 11.9 Å². The molecule has 0 radical (unpaired) electrons. The Bertz CT molecular complexity index is 1100. The maximum atomic E-state index is 12.9. The molecule has 0 spiro atoms. The Hall–Kier alpha value is -3.07. The smallest absolute Gasteiger partial charge is 0.229 e. The molecule has 2 fully saturated rings. The first kappa shape index (κ1) is 25.6. The van der Waals surface area contributed by atoms with Gasteiger partial charge in [-0.1, -0.05) is 12.8 Å². The molecule has 0 unspecified atom stereocenters. The molecule has 2 N–H and O–H groups in total. The van der Waals surface area contributed by atoms with E-state index in [4.69, 9.17) is 9.72 Å². The molecule has 1 saturated heterocycles. The molecule has 3 heterocycles. The molecule has 5 rings (SSSR count). The Morgan fingerprint density at radius 1 is 1.14 bits per heavy atom. The standard InChI is InChI=1S/C28H40N6O3/c1-4-33-24-18-29-28(31-27(24)34(16-13-26(33)36)20-7-5-6-8-20)30-23-10-9-21(17-25(23)37-19(2)3)32-14-11-22(35)12-15-32/h9-10,17-20,22,35H,4-8,11-16H2,1-3H3,(H,29,30,31). The summed E-state index contributed by atoms with van der Waals surface area (Å²) in [6, 6.07) is 6.57. The molecule has 1 amide bonds. The van der Waals surface area contributed by atoms with Crippen LogP contribution in [0.15, 0.2) is 24.4 Å². The monoisotopic (exact) mass is 508 g/mol. The first-order valence-corrected chi connectivity index (χ1v) is 13.9. The minimum Gasteiger partial charge on any atom is -0.489 e. The summed E-state index contributed by atoms with van der Waals surface area (Å²) in [7, 11) is 0. The van der Waals surface area contributed by atoms with E-state index in [0.29, 0.717) is 31.5 Å². The maximum absolute atomic E-state index is 12.9. The topological polar surface area (TPSA) is 94.1 Å². The number of aliphatic hydroxyl groups excluding tert-OH is 1. The average Bonchev–Trinajstić information content (AvgIpc) is 3.37. The van der Waals surface area contributed by atoms with Crippen molar-refractivity contribution in [2.45, 2.75) is 84.0 Å². The quantitative estimate of drug-likeness (QED) is 0.566. The highest BCUT2D eigenvalue weighted by Gasteiger charge is 2.32. The van der Waals surface area contributed by atoms with Crippen molar-refractivity contribution in [1.82, 2.24) is 9.97 Å². The highest BCUT2D eigenvalue weighted by molar-refractivity contribution is 5.97. The highest BCUT2D eigenvalue weighted by atomic mass is 16.5. The first-order valence-electron chi connectivity index (χ1n) is 13.9. The predicted molar refractivity (Wildman–Crippen MR) is 147 cm³/mol. The van der Waals surface area contributed by atoms with E-state index in [0.717, 1.165) is 67.4 Å². The van der Waals surface area contributed by atoms with Crippen LogP contribution in [-0.2, 0) is 4.79 Å². The van der Waals surface area contributed by atoms with Crippen LogP contribution in [0.1, 0.15) is 65.7 Å². The number of aliphatic hydroxyl groups is 1. The fraction of sp³-hybridized carbons (Fsp3) is 0.607. The van der Waals surface area contributed by atoms with Gasteiger partial charge in [0, 0.05) is 50.4 Å². The van der Waals surface area contributed by atoms with Crippen molar-refractivity contribution in [2.24, 2.45) is 0 Å². The number of carbonyl (C=O) groups excluding carboxylic acids is 1. The van der Waals surface area contributed by atoms with Gasteiger partial charge in [-0.25, -0.2) is 4.98 Å². The Labute approximate surface area is 219 Å². The van der Waals surface area contributed by atoms with Crippen LogP contribution in [0.5, 0.6) is 5.75 Å². The van der Waals surface area contributed by atoms with Crippen molar-refractivity contribution >= 4 is 34.7 Å². The number of aromatic nitrogens is 2. The lowest BCUT2D eigenvalue weighted by Gasteiger charge is -2.32. The van der Waals surface area contributed by atoms with Crippen molar-refractivity contribution in [3.05, 3.63) is 24.4 Å². The van der Waals surface area contributed by atoms with Crippen molar-refractivity contribution < 1.29 is 14.6 Å². The summed E-state index contributed by atoms with van der Waals surface area (Å²) in [5.41, 5.74) is 2.68. The summed E-state index contributed by atoms with van der Waals surface area (Å²) in [5, 5.41) is 13.3. The number of amides is 1.